The molecule has 0 aliphatic carbocycles. The number of rotatable bonds is 3. The van der Waals surface area contributed by atoms with E-state index in [4.69, 9.17) is 5.73 Å². The first-order valence-corrected chi connectivity index (χ1v) is 7.94. The quantitative estimate of drug-likeness (QED) is 0.363. The third kappa shape index (κ3) is 3.87. The lowest BCUT2D eigenvalue weighted by Gasteiger charge is -2.13. The van der Waals surface area contributed by atoms with E-state index in [2.05, 4.69) is 10.2 Å². The molecule has 1 aliphatic heterocycles. The maximum atomic E-state index is 9.51. The van der Waals surface area contributed by atoms with Gasteiger partial charge in [0.05, 0.1) is 26.7 Å². The molecule has 0 fully saturated rings. The molecular formula is C13H16IN5O. The molecule has 6 nitrogen and oxygen atoms in total. The molecule has 0 saturated heterocycles. The Kier molecular flexibility index (Phi) is 4.85. The van der Waals surface area contributed by atoms with E-state index in [0.717, 1.165) is 12.6 Å². The molecule has 1 aliphatic rings. The fourth-order valence-electron chi connectivity index (χ4n) is 1.46. The van der Waals surface area contributed by atoms with Gasteiger partial charge < -0.3 is 10.6 Å². The summed E-state index contributed by atoms with van der Waals surface area (Å²) in [5, 5.41) is 17.8. The van der Waals surface area contributed by atoms with Gasteiger partial charge in [0, 0.05) is 26.0 Å². The van der Waals surface area contributed by atoms with Gasteiger partial charge >= 0.3 is 0 Å². The Labute approximate surface area is 128 Å². The largest absolute Gasteiger partial charge is 0.397 e. The number of anilines is 2. The molecule has 3 N–H and O–H groups in total. The Morgan fingerprint density at radius 3 is 2.75 bits per heavy atom. The molecular weight excluding hydrogens is 369 g/mol. The fourth-order valence-corrected chi connectivity index (χ4v) is 2.89. The molecule has 7 heteroatoms. The molecule has 0 amide bonds. The normalized spacial score (nSPS) is 14.9. The van der Waals surface area contributed by atoms with Crippen molar-refractivity contribution in [1.29, 1.82) is 0 Å². The van der Waals surface area contributed by atoms with Crippen molar-refractivity contribution >= 4 is 41.7 Å². The Hall–Kier alpha value is -1.74. The van der Waals surface area contributed by atoms with Crippen LogP contribution in [0.5, 0.6) is 0 Å². The standard InChI is InChI=1S/C13H16IN5O/c1-18(2)10-6-7-12(11(15)9-10)16-17-13-5-3-4-8-19(20)14-13/h3-9,20H,15H2,1-2H3. The summed E-state index contributed by atoms with van der Waals surface area (Å²) in [4.78, 5) is 1.97. The molecule has 0 saturated carbocycles. The van der Waals surface area contributed by atoms with Gasteiger partial charge in [0.15, 0.2) is 0 Å². The predicted molar refractivity (Wildman–Crippen MR) is 90.6 cm³/mol. The summed E-state index contributed by atoms with van der Waals surface area (Å²) in [6.45, 7) is 0. The Morgan fingerprint density at radius 1 is 1.25 bits per heavy atom. The zero-order chi connectivity index (χ0) is 14.5. The topological polar surface area (TPSA) is 77.5 Å². The molecule has 0 radical (unpaired) electrons. The maximum Gasteiger partial charge on any atom is 0.137 e. The van der Waals surface area contributed by atoms with Crippen LogP contribution in [0.2, 0.25) is 0 Å². The summed E-state index contributed by atoms with van der Waals surface area (Å²) in [7, 11) is 3.91. The predicted octanol–water partition coefficient (Wildman–Crippen LogP) is 3.21. The summed E-state index contributed by atoms with van der Waals surface area (Å²) in [5.74, 6) is 0. The fraction of sp³-hybridized carbons (Fsp3) is 0.154. The van der Waals surface area contributed by atoms with E-state index in [1.54, 1.807) is 12.3 Å². The molecule has 0 bridgehead atoms. The first-order valence-electron chi connectivity index (χ1n) is 5.90. The summed E-state index contributed by atoms with van der Waals surface area (Å²) in [6, 6.07) is 5.63. The van der Waals surface area contributed by atoms with E-state index < -0.39 is 21.0 Å². The smallest absolute Gasteiger partial charge is 0.137 e. The van der Waals surface area contributed by atoms with Crippen LogP contribution in [0.15, 0.2) is 52.9 Å². The number of hydroxylamine groups is 1. The maximum absolute atomic E-state index is 9.51. The van der Waals surface area contributed by atoms with Gasteiger partial charge in [0.2, 0.25) is 0 Å². The highest BCUT2D eigenvalue weighted by atomic mass is 127. The molecule has 106 valence electrons. The number of hydrogen-bond donors (Lipinski definition) is 2. The van der Waals surface area contributed by atoms with Crippen molar-refractivity contribution in [3.8, 4) is 0 Å². The zero-order valence-electron chi connectivity index (χ0n) is 11.2. The SMILES string of the molecule is CN(C)c1ccc(N=NC2=IN(O)C=CC=C2)c(N)c1. The van der Waals surface area contributed by atoms with Crippen molar-refractivity contribution in [1.82, 2.24) is 3.28 Å². The highest BCUT2D eigenvalue weighted by Crippen LogP contribution is 2.27. The summed E-state index contributed by atoms with van der Waals surface area (Å²) >= 11 is -0.744. The number of halogens is 1. The first-order chi connectivity index (χ1) is 9.56. The molecule has 0 aromatic heterocycles. The van der Waals surface area contributed by atoms with E-state index in [9.17, 15) is 5.21 Å². The van der Waals surface area contributed by atoms with Crippen LogP contribution in [0, 0.1) is 0 Å². The third-order valence-corrected chi connectivity index (χ3v) is 4.39. The minimum Gasteiger partial charge on any atom is -0.397 e. The lowest BCUT2D eigenvalue weighted by molar-refractivity contribution is 0.0928. The minimum atomic E-state index is -0.744. The van der Waals surface area contributed by atoms with E-state index in [0.29, 0.717) is 11.4 Å². The minimum absolute atomic E-state index is 0.579. The van der Waals surface area contributed by atoms with Crippen LogP contribution in [-0.4, -0.2) is 26.2 Å². The van der Waals surface area contributed by atoms with Gasteiger partial charge in [0.25, 0.3) is 0 Å². The van der Waals surface area contributed by atoms with Crippen LogP contribution in [0.1, 0.15) is 0 Å². The second-order valence-electron chi connectivity index (χ2n) is 4.23. The Balaban J connectivity index is 2.20. The van der Waals surface area contributed by atoms with Crippen LogP contribution in [0.25, 0.3) is 0 Å². The highest BCUT2D eigenvalue weighted by Gasteiger charge is 2.02. The van der Waals surface area contributed by atoms with E-state index in [1.807, 2.05) is 49.3 Å². The molecule has 1 heterocycles. The van der Waals surface area contributed by atoms with E-state index in [-0.39, 0.29) is 0 Å². The summed E-state index contributed by atoms with van der Waals surface area (Å²) in [5.41, 5.74) is 8.18. The van der Waals surface area contributed by atoms with Crippen molar-refractivity contribution in [2.24, 2.45) is 10.2 Å². The van der Waals surface area contributed by atoms with Gasteiger partial charge in [0.1, 0.15) is 9.32 Å². The molecule has 2 rings (SSSR count). The van der Waals surface area contributed by atoms with Gasteiger partial charge in [-0.3, -0.25) is 5.21 Å². The number of allylic oxidation sites excluding steroid dienone is 2. The molecule has 1 aromatic carbocycles. The van der Waals surface area contributed by atoms with Gasteiger partial charge in [-0.05, 0) is 30.4 Å². The van der Waals surface area contributed by atoms with Gasteiger partial charge in [-0.15, -0.1) is 10.2 Å². The first kappa shape index (κ1) is 14.7. The van der Waals surface area contributed by atoms with Crippen molar-refractivity contribution in [3.05, 3.63) is 42.6 Å². The Morgan fingerprint density at radius 2 is 2.05 bits per heavy atom. The van der Waals surface area contributed by atoms with Crippen LogP contribution in [-0.2, 0) is 0 Å². The lowest BCUT2D eigenvalue weighted by Crippen LogP contribution is -2.08. The second-order valence-corrected chi connectivity index (χ2v) is 6.81. The zero-order valence-corrected chi connectivity index (χ0v) is 13.4. The molecule has 20 heavy (non-hydrogen) atoms. The van der Waals surface area contributed by atoms with Crippen LogP contribution in [0.3, 0.4) is 0 Å². The van der Waals surface area contributed by atoms with Gasteiger partial charge in [-0.1, -0.05) is 6.08 Å². The molecule has 1 aromatic rings. The Bertz CT molecular complexity index is 607. The number of azo groups is 1. The average molecular weight is 385 g/mol. The monoisotopic (exact) mass is 385 g/mol. The van der Waals surface area contributed by atoms with Crippen molar-refractivity contribution < 1.29 is 5.21 Å². The molecule has 0 atom stereocenters. The molecule has 0 unspecified atom stereocenters. The average Bonchev–Trinajstić information content (AvgIpc) is 2.61. The lowest BCUT2D eigenvalue weighted by atomic mass is 10.2. The second kappa shape index (κ2) is 6.62. The number of nitrogens with two attached hydrogens (primary N) is 1. The van der Waals surface area contributed by atoms with Crippen molar-refractivity contribution in [3.63, 3.8) is 0 Å². The number of nitrogen functional groups attached to an aromatic ring is 1. The third-order valence-electron chi connectivity index (χ3n) is 2.51. The summed E-state index contributed by atoms with van der Waals surface area (Å²) in [6.07, 6.45) is 7.02. The van der Waals surface area contributed by atoms with E-state index >= 15 is 0 Å². The van der Waals surface area contributed by atoms with E-state index in [1.165, 1.54) is 0 Å². The van der Waals surface area contributed by atoms with Crippen molar-refractivity contribution in [2.45, 2.75) is 0 Å². The number of hydrogen-bond acceptors (Lipinski definition) is 6. The highest BCUT2D eigenvalue weighted by molar-refractivity contribution is 14.2. The number of benzene rings is 1. The number of nitrogens with zero attached hydrogens (tertiary/aromatic N) is 4. The van der Waals surface area contributed by atoms with Crippen LogP contribution >= 0.6 is 21.0 Å². The van der Waals surface area contributed by atoms with Crippen LogP contribution in [0.4, 0.5) is 17.1 Å². The summed E-state index contributed by atoms with van der Waals surface area (Å²) < 4.78 is 1.92. The molecule has 0 spiro atoms. The van der Waals surface area contributed by atoms with Crippen LogP contribution < -0.4 is 10.6 Å². The van der Waals surface area contributed by atoms with Gasteiger partial charge in [-0.25, -0.2) is 3.28 Å². The van der Waals surface area contributed by atoms with Gasteiger partial charge in [-0.2, -0.15) is 0 Å². The van der Waals surface area contributed by atoms with Crippen molar-refractivity contribution in [2.75, 3.05) is 24.7 Å².